The number of carbonyl (C=O) groups excluding carboxylic acids is 1. The van der Waals surface area contributed by atoms with E-state index in [1.165, 1.54) is 0 Å². The first kappa shape index (κ1) is 13.5. The second-order valence-corrected chi connectivity index (χ2v) is 5.16. The topological polar surface area (TPSA) is 85.2 Å². The number of ether oxygens (including phenoxy) is 3. The van der Waals surface area contributed by atoms with Gasteiger partial charge in [-0.15, -0.1) is 0 Å². The van der Waals surface area contributed by atoms with Crippen LogP contribution in [0, 0.1) is 0 Å². The second kappa shape index (κ2) is 5.14. The van der Waals surface area contributed by atoms with Gasteiger partial charge in [-0.05, 0) is 5.56 Å². The molecule has 0 saturated carbocycles. The van der Waals surface area contributed by atoms with Gasteiger partial charge in [0.2, 0.25) is 0 Å². The highest BCUT2D eigenvalue weighted by Gasteiger charge is 2.57. The van der Waals surface area contributed by atoms with Crippen LogP contribution in [0.4, 0.5) is 0 Å². The zero-order valence-corrected chi connectivity index (χ0v) is 10.8. The van der Waals surface area contributed by atoms with E-state index in [9.17, 15) is 15.0 Å². The molecule has 2 aliphatic heterocycles. The second-order valence-electron chi connectivity index (χ2n) is 5.16. The standard InChI is InChI=1S/C14H16O6/c15-10-6-14(17)8-19-13(11(16)12(14)20-10)18-7-9-4-2-1-3-5-9/h1-5,11-13,16-17H,6-8H2/t11-,12-,13+,14-/m1/s1. The maximum Gasteiger partial charge on any atom is 0.309 e. The predicted molar refractivity (Wildman–Crippen MR) is 66.4 cm³/mol. The normalized spacial score (nSPS) is 36.5. The molecular formula is C14H16O6. The lowest BCUT2D eigenvalue weighted by molar-refractivity contribution is -0.288. The molecule has 0 aliphatic carbocycles. The molecule has 0 unspecified atom stereocenters. The lowest BCUT2D eigenvalue weighted by Crippen LogP contribution is -2.59. The van der Waals surface area contributed by atoms with Crippen LogP contribution in [0.3, 0.4) is 0 Å². The van der Waals surface area contributed by atoms with Crippen LogP contribution in [0.2, 0.25) is 0 Å². The van der Waals surface area contributed by atoms with Crippen molar-refractivity contribution in [1.29, 1.82) is 0 Å². The lowest BCUT2D eigenvalue weighted by Gasteiger charge is -2.39. The summed E-state index contributed by atoms with van der Waals surface area (Å²) in [5.41, 5.74) is -0.518. The summed E-state index contributed by atoms with van der Waals surface area (Å²) >= 11 is 0. The van der Waals surface area contributed by atoms with Gasteiger partial charge in [0.25, 0.3) is 0 Å². The molecule has 0 radical (unpaired) electrons. The van der Waals surface area contributed by atoms with Crippen LogP contribution >= 0.6 is 0 Å². The van der Waals surface area contributed by atoms with Gasteiger partial charge >= 0.3 is 5.97 Å². The van der Waals surface area contributed by atoms with Crippen LogP contribution < -0.4 is 0 Å². The SMILES string of the molecule is O=C1C[C@@]2(O)CO[C@H](OCc3ccccc3)[C@H](O)[C@H]2O1. The summed E-state index contributed by atoms with van der Waals surface area (Å²) in [6.07, 6.45) is -3.29. The highest BCUT2D eigenvalue weighted by Crippen LogP contribution is 2.35. The summed E-state index contributed by atoms with van der Waals surface area (Å²) in [7, 11) is 0. The van der Waals surface area contributed by atoms with Crippen LogP contribution in [0.1, 0.15) is 12.0 Å². The quantitative estimate of drug-likeness (QED) is 0.756. The third-order valence-corrected chi connectivity index (χ3v) is 3.58. The molecule has 2 N–H and O–H groups in total. The Kier molecular flexibility index (Phi) is 3.47. The van der Waals surface area contributed by atoms with Crippen molar-refractivity contribution in [2.45, 2.75) is 37.1 Å². The predicted octanol–water partition coefficient (Wildman–Crippen LogP) is -0.0330. The molecule has 0 aromatic heterocycles. The minimum atomic E-state index is -1.46. The Balaban J connectivity index is 1.63. The zero-order valence-electron chi connectivity index (χ0n) is 10.8. The molecule has 4 atom stereocenters. The van der Waals surface area contributed by atoms with Gasteiger partial charge in [-0.3, -0.25) is 4.79 Å². The van der Waals surface area contributed by atoms with Crippen molar-refractivity contribution in [3.05, 3.63) is 35.9 Å². The number of fused-ring (bicyclic) bond motifs is 1. The maximum absolute atomic E-state index is 11.3. The fourth-order valence-corrected chi connectivity index (χ4v) is 2.53. The summed E-state index contributed by atoms with van der Waals surface area (Å²) < 4.78 is 15.8. The van der Waals surface area contributed by atoms with Crippen LogP contribution in [0.25, 0.3) is 0 Å². The summed E-state index contributed by atoms with van der Waals surface area (Å²) in [5, 5.41) is 20.3. The smallest absolute Gasteiger partial charge is 0.309 e. The summed E-state index contributed by atoms with van der Waals surface area (Å²) in [4.78, 5) is 11.3. The minimum absolute atomic E-state index is 0.0973. The van der Waals surface area contributed by atoms with Gasteiger partial charge in [0.15, 0.2) is 12.4 Å². The fraction of sp³-hybridized carbons (Fsp3) is 0.500. The van der Waals surface area contributed by atoms with Crippen molar-refractivity contribution in [2.24, 2.45) is 0 Å². The van der Waals surface area contributed by atoms with E-state index < -0.39 is 30.1 Å². The Morgan fingerprint density at radius 1 is 1.35 bits per heavy atom. The first-order chi connectivity index (χ1) is 9.58. The summed E-state index contributed by atoms with van der Waals surface area (Å²) in [6, 6.07) is 9.44. The number of hydrogen-bond donors (Lipinski definition) is 2. The molecular weight excluding hydrogens is 264 g/mol. The molecule has 6 nitrogen and oxygen atoms in total. The van der Waals surface area contributed by atoms with Crippen molar-refractivity contribution in [3.8, 4) is 0 Å². The van der Waals surface area contributed by atoms with Crippen molar-refractivity contribution < 1.29 is 29.2 Å². The van der Waals surface area contributed by atoms with Crippen LogP contribution in [-0.2, 0) is 25.6 Å². The van der Waals surface area contributed by atoms with Gasteiger partial charge in [0, 0.05) is 0 Å². The third-order valence-electron chi connectivity index (χ3n) is 3.58. The van der Waals surface area contributed by atoms with Gasteiger partial charge in [-0.2, -0.15) is 0 Å². The molecule has 20 heavy (non-hydrogen) atoms. The maximum atomic E-state index is 11.3. The largest absolute Gasteiger partial charge is 0.456 e. The molecule has 0 spiro atoms. The lowest BCUT2D eigenvalue weighted by atomic mass is 9.90. The molecule has 1 aromatic rings. The van der Waals surface area contributed by atoms with Crippen molar-refractivity contribution in [1.82, 2.24) is 0 Å². The van der Waals surface area contributed by atoms with E-state index in [-0.39, 0.29) is 19.6 Å². The molecule has 1 aromatic carbocycles. The minimum Gasteiger partial charge on any atom is -0.456 e. The van der Waals surface area contributed by atoms with Crippen LogP contribution in [0.15, 0.2) is 30.3 Å². The number of hydrogen-bond acceptors (Lipinski definition) is 6. The monoisotopic (exact) mass is 280 g/mol. The average Bonchev–Trinajstić information content (AvgIpc) is 2.75. The molecule has 2 heterocycles. The van der Waals surface area contributed by atoms with E-state index in [0.29, 0.717) is 0 Å². The number of aliphatic hydroxyl groups is 2. The van der Waals surface area contributed by atoms with Crippen molar-refractivity contribution in [2.75, 3.05) is 6.61 Å². The molecule has 3 rings (SSSR count). The Morgan fingerprint density at radius 2 is 2.10 bits per heavy atom. The number of carbonyl (C=O) groups is 1. The van der Waals surface area contributed by atoms with Gasteiger partial charge in [0.1, 0.15) is 11.7 Å². The van der Waals surface area contributed by atoms with E-state index >= 15 is 0 Å². The molecule has 0 amide bonds. The Labute approximate surface area is 115 Å². The molecule has 2 aliphatic rings. The summed E-state index contributed by atoms with van der Waals surface area (Å²) in [6.45, 7) is 0.168. The Bertz CT molecular complexity index is 490. The van der Waals surface area contributed by atoms with Gasteiger partial charge in [0.05, 0.1) is 19.6 Å². The molecule has 2 fully saturated rings. The number of aliphatic hydroxyl groups excluding tert-OH is 1. The van der Waals surface area contributed by atoms with Crippen molar-refractivity contribution >= 4 is 5.97 Å². The fourth-order valence-electron chi connectivity index (χ4n) is 2.53. The zero-order chi connectivity index (χ0) is 14.2. The molecule has 2 saturated heterocycles. The number of esters is 1. The first-order valence-corrected chi connectivity index (χ1v) is 6.45. The van der Waals surface area contributed by atoms with E-state index in [2.05, 4.69) is 0 Å². The van der Waals surface area contributed by atoms with Crippen molar-refractivity contribution in [3.63, 3.8) is 0 Å². The number of benzene rings is 1. The van der Waals surface area contributed by atoms with Gasteiger partial charge in [-0.1, -0.05) is 30.3 Å². The Morgan fingerprint density at radius 3 is 2.85 bits per heavy atom. The van der Waals surface area contributed by atoms with Crippen LogP contribution in [0.5, 0.6) is 0 Å². The van der Waals surface area contributed by atoms with E-state index in [0.717, 1.165) is 5.56 Å². The Hall–Kier alpha value is -1.47. The molecule has 108 valence electrons. The van der Waals surface area contributed by atoms with E-state index in [4.69, 9.17) is 14.2 Å². The third kappa shape index (κ3) is 2.43. The number of rotatable bonds is 3. The highest BCUT2D eigenvalue weighted by atomic mass is 16.7. The van der Waals surface area contributed by atoms with Gasteiger partial charge in [-0.25, -0.2) is 0 Å². The average molecular weight is 280 g/mol. The van der Waals surface area contributed by atoms with E-state index in [1.807, 2.05) is 30.3 Å². The first-order valence-electron chi connectivity index (χ1n) is 6.45. The van der Waals surface area contributed by atoms with Crippen LogP contribution in [-0.4, -0.2) is 46.9 Å². The highest BCUT2D eigenvalue weighted by molar-refractivity contribution is 5.74. The van der Waals surface area contributed by atoms with E-state index in [1.54, 1.807) is 0 Å². The van der Waals surface area contributed by atoms with Gasteiger partial charge < -0.3 is 24.4 Å². The molecule has 6 heteroatoms. The molecule has 0 bridgehead atoms. The summed E-state index contributed by atoms with van der Waals surface area (Å²) in [5.74, 6) is -0.538.